The number of aryl methyl sites for hydroxylation is 1. The molecule has 4 nitrogen and oxygen atoms in total. The number of hydrogen-bond donors (Lipinski definition) is 0. The molecule has 0 aliphatic carbocycles. The Labute approximate surface area is 134 Å². The number of rotatable bonds is 5. The summed E-state index contributed by atoms with van der Waals surface area (Å²) in [5.41, 5.74) is 1.75. The van der Waals surface area contributed by atoms with Crippen LogP contribution in [0.1, 0.15) is 17.2 Å². The van der Waals surface area contributed by atoms with E-state index in [4.69, 9.17) is 20.4 Å². The van der Waals surface area contributed by atoms with Crippen molar-refractivity contribution in [2.45, 2.75) is 20.0 Å². The highest BCUT2D eigenvalue weighted by molar-refractivity contribution is 6.30. The first-order chi connectivity index (χ1) is 10.6. The number of aromatic nitrogens is 1. The molecule has 0 amide bonds. The fourth-order valence-corrected chi connectivity index (χ4v) is 2.49. The average Bonchev–Trinajstić information content (AvgIpc) is 3.08. The van der Waals surface area contributed by atoms with E-state index in [2.05, 4.69) is 9.88 Å². The molecule has 0 fully saturated rings. The summed E-state index contributed by atoms with van der Waals surface area (Å²) in [6.45, 7) is 3.36. The molecule has 0 spiro atoms. The SMILES string of the molecule is Cc1ccc(CN(C)Cc2coc(-c3cccc(Cl)c3)n2)o1. The first-order valence-electron chi connectivity index (χ1n) is 7.04. The van der Waals surface area contributed by atoms with Gasteiger partial charge in [0.15, 0.2) is 0 Å². The maximum atomic E-state index is 5.99. The zero-order chi connectivity index (χ0) is 15.5. The molecule has 22 heavy (non-hydrogen) atoms. The van der Waals surface area contributed by atoms with Crippen LogP contribution < -0.4 is 0 Å². The summed E-state index contributed by atoms with van der Waals surface area (Å²) >= 11 is 5.99. The second-order valence-electron chi connectivity index (χ2n) is 5.34. The minimum Gasteiger partial charge on any atom is -0.465 e. The third-order valence-electron chi connectivity index (χ3n) is 3.28. The van der Waals surface area contributed by atoms with E-state index in [0.29, 0.717) is 17.5 Å². The maximum absolute atomic E-state index is 5.99. The second kappa shape index (κ2) is 6.38. The van der Waals surface area contributed by atoms with Gasteiger partial charge >= 0.3 is 0 Å². The van der Waals surface area contributed by atoms with Crippen LogP contribution in [0.5, 0.6) is 0 Å². The number of oxazole rings is 1. The lowest BCUT2D eigenvalue weighted by atomic mass is 10.2. The van der Waals surface area contributed by atoms with Gasteiger partial charge in [0.2, 0.25) is 5.89 Å². The van der Waals surface area contributed by atoms with Gasteiger partial charge < -0.3 is 8.83 Å². The summed E-state index contributed by atoms with van der Waals surface area (Å²) in [5, 5.41) is 0.669. The van der Waals surface area contributed by atoms with E-state index < -0.39 is 0 Å². The van der Waals surface area contributed by atoms with Gasteiger partial charge in [0.1, 0.15) is 17.8 Å². The Balaban J connectivity index is 1.66. The first-order valence-corrected chi connectivity index (χ1v) is 7.42. The van der Waals surface area contributed by atoms with Crippen LogP contribution in [-0.2, 0) is 13.1 Å². The van der Waals surface area contributed by atoms with E-state index in [1.807, 2.05) is 50.4 Å². The standard InChI is InChI=1S/C17H17ClN2O2/c1-12-6-7-16(22-12)10-20(2)9-15-11-21-17(19-15)13-4-3-5-14(18)8-13/h3-8,11H,9-10H2,1-2H3. The van der Waals surface area contributed by atoms with Gasteiger partial charge in [-0.25, -0.2) is 4.98 Å². The van der Waals surface area contributed by atoms with Gasteiger partial charge in [0.25, 0.3) is 0 Å². The quantitative estimate of drug-likeness (QED) is 0.693. The van der Waals surface area contributed by atoms with E-state index in [1.165, 1.54) is 0 Å². The highest BCUT2D eigenvalue weighted by atomic mass is 35.5. The van der Waals surface area contributed by atoms with Crippen LogP contribution in [0.15, 0.2) is 51.5 Å². The molecule has 5 heteroatoms. The van der Waals surface area contributed by atoms with Crippen molar-refractivity contribution in [3.8, 4) is 11.5 Å². The Morgan fingerprint density at radius 3 is 2.77 bits per heavy atom. The van der Waals surface area contributed by atoms with Crippen LogP contribution in [0.25, 0.3) is 11.5 Å². The third kappa shape index (κ3) is 3.59. The average molecular weight is 317 g/mol. The molecule has 0 saturated heterocycles. The van der Waals surface area contributed by atoms with Crippen molar-refractivity contribution in [2.24, 2.45) is 0 Å². The molecular formula is C17H17ClN2O2. The van der Waals surface area contributed by atoms with Gasteiger partial charge in [-0.2, -0.15) is 0 Å². The van der Waals surface area contributed by atoms with E-state index in [9.17, 15) is 0 Å². The van der Waals surface area contributed by atoms with Crippen LogP contribution in [0.2, 0.25) is 5.02 Å². The van der Waals surface area contributed by atoms with E-state index in [-0.39, 0.29) is 0 Å². The normalized spacial score (nSPS) is 11.3. The lowest BCUT2D eigenvalue weighted by Crippen LogP contribution is -2.17. The molecule has 3 aromatic rings. The van der Waals surface area contributed by atoms with E-state index >= 15 is 0 Å². The summed E-state index contributed by atoms with van der Waals surface area (Å²) in [5.74, 6) is 2.45. The van der Waals surface area contributed by atoms with E-state index in [0.717, 1.165) is 29.3 Å². The lowest BCUT2D eigenvalue weighted by molar-refractivity contribution is 0.282. The van der Waals surface area contributed by atoms with Crippen molar-refractivity contribution in [2.75, 3.05) is 7.05 Å². The molecule has 0 saturated carbocycles. The molecule has 0 aliphatic heterocycles. The number of nitrogens with zero attached hydrogens (tertiary/aromatic N) is 2. The number of furan rings is 1. The molecule has 114 valence electrons. The summed E-state index contributed by atoms with van der Waals surface area (Å²) in [4.78, 5) is 6.63. The van der Waals surface area contributed by atoms with Crippen LogP contribution in [0.4, 0.5) is 0 Å². The highest BCUT2D eigenvalue weighted by Crippen LogP contribution is 2.22. The summed E-state index contributed by atoms with van der Waals surface area (Å²) < 4.78 is 11.1. The van der Waals surface area contributed by atoms with Gasteiger partial charge in [-0.1, -0.05) is 17.7 Å². The Morgan fingerprint density at radius 1 is 1.18 bits per heavy atom. The first kappa shape index (κ1) is 14.9. The predicted molar refractivity (Wildman–Crippen MR) is 85.6 cm³/mol. The maximum Gasteiger partial charge on any atom is 0.226 e. The molecule has 1 aromatic carbocycles. The van der Waals surface area contributed by atoms with Crippen molar-refractivity contribution in [1.82, 2.24) is 9.88 Å². The molecule has 0 N–H and O–H groups in total. The molecule has 2 heterocycles. The topological polar surface area (TPSA) is 42.4 Å². The number of benzene rings is 1. The molecule has 0 unspecified atom stereocenters. The molecule has 0 radical (unpaired) electrons. The highest BCUT2D eigenvalue weighted by Gasteiger charge is 2.10. The zero-order valence-electron chi connectivity index (χ0n) is 12.5. The van der Waals surface area contributed by atoms with Crippen molar-refractivity contribution in [3.63, 3.8) is 0 Å². The molecule has 0 bridgehead atoms. The van der Waals surface area contributed by atoms with Crippen molar-refractivity contribution in [1.29, 1.82) is 0 Å². The third-order valence-corrected chi connectivity index (χ3v) is 3.51. The number of halogens is 1. The van der Waals surface area contributed by atoms with Gasteiger partial charge in [-0.05, 0) is 44.3 Å². The van der Waals surface area contributed by atoms with E-state index in [1.54, 1.807) is 6.26 Å². The molecular weight excluding hydrogens is 300 g/mol. The van der Waals surface area contributed by atoms with Crippen LogP contribution in [0, 0.1) is 6.92 Å². The lowest BCUT2D eigenvalue weighted by Gasteiger charge is -2.12. The fourth-order valence-electron chi connectivity index (χ4n) is 2.30. The van der Waals surface area contributed by atoms with Gasteiger partial charge in [0.05, 0.1) is 12.2 Å². The van der Waals surface area contributed by atoms with Crippen LogP contribution in [0.3, 0.4) is 0 Å². The predicted octanol–water partition coefficient (Wildman–Crippen LogP) is 4.53. The fraction of sp³-hybridized carbons (Fsp3) is 0.235. The molecule has 3 rings (SSSR count). The molecule has 0 aliphatic rings. The monoisotopic (exact) mass is 316 g/mol. The number of hydrogen-bond acceptors (Lipinski definition) is 4. The minimum absolute atomic E-state index is 0.583. The smallest absolute Gasteiger partial charge is 0.226 e. The van der Waals surface area contributed by atoms with Gasteiger partial charge in [0, 0.05) is 17.1 Å². The summed E-state index contributed by atoms with van der Waals surface area (Å²) in [6, 6.07) is 11.4. The van der Waals surface area contributed by atoms with Crippen molar-refractivity contribution >= 4 is 11.6 Å². The Hall–Kier alpha value is -2.04. The Bertz CT molecular complexity index is 763. The Morgan fingerprint density at radius 2 is 2.05 bits per heavy atom. The van der Waals surface area contributed by atoms with Gasteiger partial charge in [-0.3, -0.25) is 4.90 Å². The molecule has 0 atom stereocenters. The zero-order valence-corrected chi connectivity index (χ0v) is 13.3. The van der Waals surface area contributed by atoms with Gasteiger partial charge in [-0.15, -0.1) is 0 Å². The van der Waals surface area contributed by atoms with Crippen LogP contribution in [-0.4, -0.2) is 16.9 Å². The van der Waals surface area contributed by atoms with Crippen molar-refractivity contribution in [3.05, 3.63) is 64.9 Å². The Kier molecular flexibility index (Phi) is 4.32. The minimum atomic E-state index is 0.583. The summed E-state index contributed by atoms with van der Waals surface area (Å²) in [7, 11) is 2.02. The molecule has 2 aromatic heterocycles. The van der Waals surface area contributed by atoms with Crippen LogP contribution >= 0.6 is 11.6 Å². The largest absolute Gasteiger partial charge is 0.465 e. The summed E-state index contributed by atoms with van der Waals surface area (Å²) in [6.07, 6.45) is 1.68. The van der Waals surface area contributed by atoms with Crippen molar-refractivity contribution < 1.29 is 8.83 Å². The second-order valence-corrected chi connectivity index (χ2v) is 5.78.